The number of carbonyl (C=O) groups excluding carboxylic acids is 1. The van der Waals surface area contributed by atoms with Gasteiger partial charge in [-0.25, -0.2) is 0 Å². The predicted molar refractivity (Wildman–Crippen MR) is 67.7 cm³/mol. The quantitative estimate of drug-likeness (QED) is 0.799. The van der Waals surface area contributed by atoms with Gasteiger partial charge in [-0.3, -0.25) is 4.79 Å². The first-order valence-corrected chi connectivity index (χ1v) is 5.71. The Morgan fingerprint density at radius 2 is 2.06 bits per heavy atom. The van der Waals surface area contributed by atoms with E-state index in [-0.39, 0.29) is 5.91 Å². The maximum atomic E-state index is 11.4. The van der Waals surface area contributed by atoms with Crippen LogP contribution in [-0.2, 0) is 4.79 Å². The number of hydrogen-bond donors (Lipinski definition) is 2. The molecule has 1 aromatic rings. The summed E-state index contributed by atoms with van der Waals surface area (Å²) in [6.07, 6.45) is 0.967. The highest BCUT2D eigenvalue weighted by Gasteiger charge is 2.02. The molecule has 3 heteroatoms. The van der Waals surface area contributed by atoms with Gasteiger partial charge < -0.3 is 10.6 Å². The van der Waals surface area contributed by atoms with Gasteiger partial charge in [0.2, 0.25) is 5.91 Å². The first-order valence-electron chi connectivity index (χ1n) is 5.71. The molecule has 3 nitrogen and oxygen atoms in total. The lowest BCUT2D eigenvalue weighted by molar-refractivity contribution is -0.119. The van der Waals surface area contributed by atoms with Crippen LogP contribution >= 0.6 is 0 Å². The first kappa shape index (κ1) is 12.6. The van der Waals surface area contributed by atoms with Crippen molar-refractivity contribution in [1.82, 2.24) is 5.32 Å². The van der Waals surface area contributed by atoms with Crippen LogP contribution in [-0.4, -0.2) is 19.0 Å². The van der Waals surface area contributed by atoms with Gasteiger partial charge in [0, 0.05) is 12.2 Å². The van der Waals surface area contributed by atoms with Gasteiger partial charge in [0.05, 0.1) is 6.54 Å². The van der Waals surface area contributed by atoms with E-state index < -0.39 is 0 Å². The Morgan fingerprint density at radius 1 is 1.31 bits per heavy atom. The number of rotatable bonds is 5. The molecule has 0 unspecified atom stereocenters. The van der Waals surface area contributed by atoms with E-state index in [0.717, 1.165) is 24.2 Å². The monoisotopic (exact) mass is 220 g/mol. The molecule has 0 saturated heterocycles. The molecule has 0 atom stereocenters. The van der Waals surface area contributed by atoms with Crippen LogP contribution in [0.2, 0.25) is 0 Å². The lowest BCUT2D eigenvalue weighted by Gasteiger charge is -2.10. The van der Waals surface area contributed by atoms with Gasteiger partial charge in [-0.2, -0.15) is 0 Å². The molecule has 0 radical (unpaired) electrons. The summed E-state index contributed by atoms with van der Waals surface area (Å²) in [5, 5.41) is 5.99. The molecule has 2 N–H and O–H groups in total. The molecular weight excluding hydrogens is 200 g/mol. The molecule has 1 rings (SSSR count). The third-order valence-electron chi connectivity index (χ3n) is 2.40. The summed E-state index contributed by atoms with van der Waals surface area (Å²) in [5.41, 5.74) is 3.39. The molecule has 0 heterocycles. The molecule has 0 aliphatic heterocycles. The van der Waals surface area contributed by atoms with Gasteiger partial charge in [-0.1, -0.05) is 19.1 Å². The van der Waals surface area contributed by atoms with Crippen molar-refractivity contribution in [2.24, 2.45) is 0 Å². The van der Waals surface area contributed by atoms with Gasteiger partial charge in [0.25, 0.3) is 0 Å². The minimum atomic E-state index is 0.0442. The normalized spacial score (nSPS) is 9.94. The number of carbonyl (C=O) groups is 1. The van der Waals surface area contributed by atoms with Gasteiger partial charge >= 0.3 is 0 Å². The third-order valence-corrected chi connectivity index (χ3v) is 2.40. The number of benzene rings is 1. The molecule has 88 valence electrons. The number of anilines is 1. The highest BCUT2D eigenvalue weighted by atomic mass is 16.1. The van der Waals surface area contributed by atoms with Gasteiger partial charge in [0.15, 0.2) is 0 Å². The van der Waals surface area contributed by atoms with Crippen molar-refractivity contribution in [2.75, 3.05) is 18.4 Å². The highest BCUT2D eigenvalue weighted by molar-refractivity contribution is 5.80. The Morgan fingerprint density at radius 3 is 2.75 bits per heavy atom. The molecule has 0 spiro atoms. The largest absolute Gasteiger partial charge is 0.376 e. The molecule has 1 amide bonds. The molecule has 16 heavy (non-hydrogen) atoms. The molecular formula is C13H20N2O. The molecule has 0 saturated carbocycles. The number of nitrogens with one attached hydrogen (secondary N) is 2. The summed E-state index contributed by atoms with van der Waals surface area (Å²) in [5.74, 6) is 0.0442. The smallest absolute Gasteiger partial charge is 0.239 e. The minimum Gasteiger partial charge on any atom is -0.376 e. The highest BCUT2D eigenvalue weighted by Crippen LogP contribution is 2.15. The van der Waals surface area contributed by atoms with Crippen molar-refractivity contribution in [3.63, 3.8) is 0 Å². The van der Waals surface area contributed by atoms with Crippen LogP contribution < -0.4 is 10.6 Å². The molecule has 0 fully saturated rings. The van der Waals surface area contributed by atoms with Crippen LogP contribution in [0.15, 0.2) is 18.2 Å². The van der Waals surface area contributed by atoms with E-state index in [4.69, 9.17) is 0 Å². The zero-order chi connectivity index (χ0) is 12.0. The van der Waals surface area contributed by atoms with Crippen molar-refractivity contribution in [3.8, 4) is 0 Å². The van der Waals surface area contributed by atoms with Gasteiger partial charge in [-0.05, 0) is 37.5 Å². The summed E-state index contributed by atoms with van der Waals surface area (Å²) in [6.45, 7) is 7.20. The van der Waals surface area contributed by atoms with Crippen molar-refractivity contribution < 1.29 is 4.79 Å². The average Bonchev–Trinajstić information content (AvgIpc) is 2.27. The lowest BCUT2D eigenvalue weighted by Crippen LogP contribution is -2.30. The van der Waals surface area contributed by atoms with E-state index in [1.165, 1.54) is 5.56 Å². The second kappa shape index (κ2) is 6.16. The topological polar surface area (TPSA) is 41.1 Å². The maximum absolute atomic E-state index is 11.4. The van der Waals surface area contributed by atoms with Crippen molar-refractivity contribution in [2.45, 2.75) is 27.2 Å². The number of hydrogen-bond acceptors (Lipinski definition) is 2. The van der Waals surface area contributed by atoms with Crippen LogP contribution in [0.25, 0.3) is 0 Å². The van der Waals surface area contributed by atoms with Crippen LogP contribution in [0.3, 0.4) is 0 Å². The summed E-state index contributed by atoms with van der Waals surface area (Å²) < 4.78 is 0. The Kier molecular flexibility index (Phi) is 4.83. The van der Waals surface area contributed by atoms with Crippen LogP contribution in [0.1, 0.15) is 24.5 Å². The van der Waals surface area contributed by atoms with E-state index in [1.807, 2.05) is 20.8 Å². The average molecular weight is 220 g/mol. The van der Waals surface area contributed by atoms with E-state index in [2.05, 4.69) is 28.8 Å². The summed E-state index contributed by atoms with van der Waals surface area (Å²) in [6, 6.07) is 6.18. The zero-order valence-electron chi connectivity index (χ0n) is 10.3. The molecule has 0 bridgehead atoms. The fraction of sp³-hybridized carbons (Fsp3) is 0.462. The summed E-state index contributed by atoms with van der Waals surface area (Å²) >= 11 is 0. The van der Waals surface area contributed by atoms with Crippen molar-refractivity contribution >= 4 is 11.6 Å². The fourth-order valence-electron chi connectivity index (χ4n) is 1.43. The van der Waals surface area contributed by atoms with Crippen molar-refractivity contribution in [1.29, 1.82) is 0 Å². The molecule has 0 aliphatic carbocycles. The third kappa shape index (κ3) is 3.93. The van der Waals surface area contributed by atoms with Gasteiger partial charge in [-0.15, -0.1) is 0 Å². The van der Waals surface area contributed by atoms with Gasteiger partial charge in [0.1, 0.15) is 0 Å². The molecule has 0 aromatic heterocycles. The van der Waals surface area contributed by atoms with E-state index in [0.29, 0.717) is 6.54 Å². The zero-order valence-corrected chi connectivity index (χ0v) is 10.3. The van der Waals surface area contributed by atoms with Crippen molar-refractivity contribution in [3.05, 3.63) is 29.3 Å². The lowest BCUT2D eigenvalue weighted by atomic mass is 10.1. The fourth-order valence-corrected chi connectivity index (χ4v) is 1.43. The summed E-state index contributed by atoms with van der Waals surface area (Å²) in [7, 11) is 0. The maximum Gasteiger partial charge on any atom is 0.239 e. The SMILES string of the molecule is CCCNC(=O)CNc1cc(C)ccc1C. The first-order chi connectivity index (χ1) is 7.63. The Labute approximate surface area is 97.2 Å². The number of amides is 1. The Bertz CT molecular complexity index is 361. The molecule has 0 aliphatic rings. The van der Waals surface area contributed by atoms with Crippen LogP contribution in [0, 0.1) is 13.8 Å². The van der Waals surface area contributed by atoms with E-state index >= 15 is 0 Å². The Balaban J connectivity index is 2.47. The standard InChI is InChI=1S/C13H20N2O/c1-4-7-14-13(16)9-15-12-8-10(2)5-6-11(12)3/h5-6,8,15H,4,7,9H2,1-3H3,(H,14,16). The van der Waals surface area contributed by atoms with Crippen LogP contribution in [0.4, 0.5) is 5.69 Å². The van der Waals surface area contributed by atoms with E-state index in [1.54, 1.807) is 0 Å². The summed E-state index contributed by atoms with van der Waals surface area (Å²) in [4.78, 5) is 11.4. The molecule has 1 aromatic carbocycles. The van der Waals surface area contributed by atoms with Crippen LogP contribution in [0.5, 0.6) is 0 Å². The Hall–Kier alpha value is -1.51. The predicted octanol–water partition coefficient (Wildman–Crippen LogP) is 2.24. The second-order valence-corrected chi connectivity index (χ2v) is 4.02. The van der Waals surface area contributed by atoms with E-state index in [9.17, 15) is 4.79 Å². The minimum absolute atomic E-state index is 0.0442. The second-order valence-electron chi connectivity index (χ2n) is 4.02. The number of aryl methyl sites for hydroxylation is 2.